The third-order valence-corrected chi connectivity index (χ3v) is 3.71. The summed E-state index contributed by atoms with van der Waals surface area (Å²) in [5.41, 5.74) is 0.750. The Labute approximate surface area is 137 Å². The van der Waals surface area contributed by atoms with E-state index < -0.39 is 5.60 Å². The summed E-state index contributed by atoms with van der Waals surface area (Å²) in [6, 6.07) is 4.88. The van der Waals surface area contributed by atoms with Crippen molar-refractivity contribution in [3.05, 3.63) is 29.6 Å². The lowest BCUT2D eigenvalue weighted by Crippen LogP contribution is -2.50. The Morgan fingerprint density at radius 1 is 1.39 bits per heavy atom. The monoisotopic (exact) mass is 323 g/mol. The van der Waals surface area contributed by atoms with Crippen molar-refractivity contribution in [1.29, 1.82) is 0 Å². The molecule has 1 saturated heterocycles. The first-order valence-electron chi connectivity index (χ1n) is 7.86. The Bertz CT molecular complexity index is 569. The molecule has 1 aromatic carbocycles. The van der Waals surface area contributed by atoms with E-state index in [2.05, 4.69) is 5.32 Å². The molecule has 2 rings (SSSR count). The molecule has 5 nitrogen and oxygen atoms in total. The normalized spacial score (nSPS) is 18.7. The summed E-state index contributed by atoms with van der Waals surface area (Å²) in [5, 5.41) is 3.26. The van der Waals surface area contributed by atoms with E-state index in [4.69, 9.17) is 4.74 Å². The Hall–Kier alpha value is -1.82. The number of benzene rings is 1. The molecule has 6 heteroatoms. The molecule has 1 fully saturated rings. The van der Waals surface area contributed by atoms with Gasteiger partial charge >= 0.3 is 6.09 Å². The van der Waals surface area contributed by atoms with Gasteiger partial charge in [-0.3, -0.25) is 4.90 Å². The molecule has 1 heterocycles. The Kier molecular flexibility index (Phi) is 5.14. The van der Waals surface area contributed by atoms with Gasteiger partial charge in [-0.15, -0.1) is 0 Å². The molecule has 128 valence electrons. The highest BCUT2D eigenvalue weighted by Gasteiger charge is 2.31. The van der Waals surface area contributed by atoms with Crippen LogP contribution < -0.4 is 10.2 Å². The smallest absolute Gasteiger partial charge is 0.410 e. The van der Waals surface area contributed by atoms with Crippen LogP contribution in [0.4, 0.5) is 14.9 Å². The highest BCUT2D eigenvalue weighted by Crippen LogP contribution is 2.28. The van der Waals surface area contributed by atoms with E-state index in [9.17, 15) is 9.18 Å². The number of carbonyl (C=O) groups is 1. The molecule has 0 spiro atoms. The second-order valence-electron chi connectivity index (χ2n) is 7.00. The van der Waals surface area contributed by atoms with Crippen LogP contribution in [0.5, 0.6) is 0 Å². The van der Waals surface area contributed by atoms with Crippen LogP contribution >= 0.6 is 0 Å². The van der Waals surface area contributed by atoms with Crippen LogP contribution in [0.15, 0.2) is 18.2 Å². The molecule has 0 aliphatic carbocycles. The molecule has 23 heavy (non-hydrogen) atoms. The zero-order valence-electron chi connectivity index (χ0n) is 14.5. The van der Waals surface area contributed by atoms with E-state index in [1.165, 1.54) is 6.07 Å². The largest absolute Gasteiger partial charge is 0.444 e. The van der Waals surface area contributed by atoms with E-state index in [1.54, 1.807) is 30.0 Å². The minimum Gasteiger partial charge on any atom is -0.444 e. The van der Waals surface area contributed by atoms with Crippen LogP contribution in [0.25, 0.3) is 0 Å². The zero-order chi connectivity index (χ0) is 17.2. The molecule has 1 N–H and O–H groups in total. The molecule has 1 amide bonds. The van der Waals surface area contributed by atoms with Crippen molar-refractivity contribution in [2.75, 3.05) is 38.6 Å². The van der Waals surface area contributed by atoms with E-state index in [0.29, 0.717) is 25.3 Å². The zero-order valence-corrected chi connectivity index (χ0v) is 14.5. The van der Waals surface area contributed by atoms with Crippen molar-refractivity contribution >= 4 is 11.8 Å². The fourth-order valence-electron chi connectivity index (χ4n) is 2.63. The number of hydrogen-bond donors (Lipinski definition) is 1. The Morgan fingerprint density at radius 3 is 2.65 bits per heavy atom. The van der Waals surface area contributed by atoms with Crippen LogP contribution in [-0.2, 0) is 4.74 Å². The summed E-state index contributed by atoms with van der Waals surface area (Å²) in [6.45, 7) is 7.35. The minimum atomic E-state index is -0.549. The van der Waals surface area contributed by atoms with Gasteiger partial charge in [-0.2, -0.15) is 0 Å². The number of rotatable bonds is 2. The van der Waals surface area contributed by atoms with Crippen molar-refractivity contribution < 1.29 is 13.9 Å². The van der Waals surface area contributed by atoms with Gasteiger partial charge in [0.2, 0.25) is 0 Å². The number of hydrogen-bond acceptors (Lipinski definition) is 4. The number of piperazine rings is 1. The Morgan fingerprint density at radius 2 is 2.09 bits per heavy atom. The second kappa shape index (κ2) is 6.74. The van der Waals surface area contributed by atoms with Crippen LogP contribution in [0.3, 0.4) is 0 Å². The lowest BCUT2D eigenvalue weighted by molar-refractivity contribution is 0.0117. The summed E-state index contributed by atoms with van der Waals surface area (Å²) in [7, 11) is 3.60. The van der Waals surface area contributed by atoms with Crippen LogP contribution in [-0.4, -0.2) is 50.3 Å². The maximum atomic E-state index is 14.3. The van der Waals surface area contributed by atoms with Gasteiger partial charge < -0.3 is 15.0 Å². The fourth-order valence-corrected chi connectivity index (χ4v) is 2.63. The van der Waals surface area contributed by atoms with Crippen molar-refractivity contribution in [3.8, 4) is 0 Å². The minimum absolute atomic E-state index is 0.232. The quantitative estimate of drug-likeness (QED) is 0.909. The second-order valence-corrected chi connectivity index (χ2v) is 7.00. The number of anilines is 1. The molecule has 1 unspecified atom stereocenters. The van der Waals surface area contributed by atoms with E-state index in [1.807, 2.05) is 26.8 Å². The number of nitrogens with one attached hydrogen (secondary N) is 1. The standard InChI is InChI=1S/C17H26FN3O2/c1-17(2,3)23-16(22)21-9-8-19-11-15(21)12-6-7-14(20(4)5)13(18)10-12/h6-7,10,15,19H,8-9,11H2,1-5H3. The summed E-state index contributed by atoms with van der Waals surface area (Å²) in [6.07, 6.45) is -0.360. The topological polar surface area (TPSA) is 44.8 Å². The summed E-state index contributed by atoms with van der Waals surface area (Å²) >= 11 is 0. The number of halogens is 1. The van der Waals surface area contributed by atoms with E-state index in [-0.39, 0.29) is 18.0 Å². The lowest BCUT2D eigenvalue weighted by Gasteiger charge is -2.37. The predicted octanol–water partition coefficient (Wildman–Crippen LogP) is 2.77. The lowest BCUT2D eigenvalue weighted by atomic mass is 10.0. The molecule has 1 atom stereocenters. The highest BCUT2D eigenvalue weighted by atomic mass is 19.1. The van der Waals surface area contributed by atoms with Crippen LogP contribution in [0.1, 0.15) is 32.4 Å². The third kappa shape index (κ3) is 4.34. The maximum absolute atomic E-state index is 14.3. The van der Waals surface area contributed by atoms with Crippen molar-refractivity contribution in [2.24, 2.45) is 0 Å². The molecule has 0 bridgehead atoms. The maximum Gasteiger partial charge on any atom is 0.410 e. The first kappa shape index (κ1) is 17.5. The van der Waals surface area contributed by atoms with Gasteiger partial charge in [0, 0.05) is 33.7 Å². The van der Waals surface area contributed by atoms with E-state index in [0.717, 1.165) is 5.56 Å². The molecular formula is C17H26FN3O2. The highest BCUT2D eigenvalue weighted by molar-refractivity contribution is 5.69. The fraction of sp³-hybridized carbons (Fsp3) is 0.588. The summed E-state index contributed by atoms with van der Waals surface area (Å²) in [4.78, 5) is 15.8. The molecule has 0 radical (unpaired) electrons. The van der Waals surface area contributed by atoms with Crippen molar-refractivity contribution in [1.82, 2.24) is 10.2 Å². The van der Waals surface area contributed by atoms with Crippen molar-refractivity contribution in [2.45, 2.75) is 32.4 Å². The van der Waals surface area contributed by atoms with Gasteiger partial charge in [-0.05, 0) is 38.5 Å². The first-order chi connectivity index (χ1) is 10.7. The van der Waals surface area contributed by atoms with Gasteiger partial charge in [0.15, 0.2) is 0 Å². The summed E-state index contributed by atoms with van der Waals surface area (Å²) < 4.78 is 19.7. The average molecular weight is 323 g/mol. The van der Waals surface area contributed by atoms with Gasteiger partial charge in [0.05, 0.1) is 11.7 Å². The number of carbonyl (C=O) groups excluding carboxylic acids is 1. The summed E-state index contributed by atoms with van der Waals surface area (Å²) in [5.74, 6) is -0.290. The first-order valence-corrected chi connectivity index (χ1v) is 7.86. The molecule has 0 saturated carbocycles. The average Bonchev–Trinajstić information content (AvgIpc) is 2.45. The molecular weight excluding hydrogens is 297 g/mol. The SMILES string of the molecule is CN(C)c1ccc(C2CNCCN2C(=O)OC(C)(C)C)cc1F. The third-order valence-electron chi connectivity index (χ3n) is 3.71. The van der Waals surface area contributed by atoms with Gasteiger partial charge in [0.25, 0.3) is 0 Å². The molecule has 1 aliphatic rings. The Balaban J connectivity index is 2.24. The van der Waals surface area contributed by atoms with Gasteiger partial charge in [-0.25, -0.2) is 9.18 Å². The number of nitrogens with zero attached hydrogens (tertiary/aromatic N) is 2. The predicted molar refractivity (Wildman–Crippen MR) is 89.3 cm³/mol. The van der Waals surface area contributed by atoms with Crippen molar-refractivity contribution in [3.63, 3.8) is 0 Å². The van der Waals surface area contributed by atoms with Crippen LogP contribution in [0.2, 0.25) is 0 Å². The number of amides is 1. The van der Waals surface area contributed by atoms with Gasteiger partial charge in [0.1, 0.15) is 11.4 Å². The van der Waals surface area contributed by atoms with Crippen LogP contribution in [0, 0.1) is 5.82 Å². The molecule has 1 aliphatic heterocycles. The van der Waals surface area contributed by atoms with E-state index >= 15 is 0 Å². The number of ether oxygens (including phenoxy) is 1. The molecule has 0 aromatic heterocycles. The molecule has 1 aromatic rings. The van der Waals surface area contributed by atoms with Gasteiger partial charge in [-0.1, -0.05) is 6.07 Å².